The number of phenolic OH excluding ortho intramolecular Hbond substituents is 1. The fraction of sp³-hybridized carbons (Fsp3) is 0.143. The van der Waals surface area contributed by atoms with Crippen LogP contribution < -0.4 is 0 Å². The number of hydrogen-bond donors (Lipinski definition) is 2. The predicted octanol–water partition coefficient (Wildman–Crippen LogP) is 5.03. The van der Waals surface area contributed by atoms with Gasteiger partial charge in [-0.1, -0.05) is 54.6 Å². The molecule has 2 N–H and O–H groups in total. The molecule has 0 heterocycles. The molecule has 0 saturated carbocycles. The van der Waals surface area contributed by atoms with E-state index in [2.05, 4.69) is 25.1 Å². The van der Waals surface area contributed by atoms with Crippen LogP contribution in [0.4, 0.5) is 0 Å². The predicted molar refractivity (Wildman–Crippen MR) is 93.6 cm³/mol. The molecular weight excluding hydrogens is 284 g/mol. The van der Waals surface area contributed by atoms with E-state index in [0.29, 0.717) is 6.42 Å². The first kappa shape index (κ1) is 15.2. The van der Waals surface area contributed by atoms with Gasteiger partial charge in [0.25, 0.3) is 0 Å². The van der Waals surface area contributed by atoms with Gasteiger partial charge in [-0.3, -0.25) is 0 Å². The van der Waals surface area contributed by atoms with Crippen LogP contribution in [0, 0.1) is 0 Å². The zero-order valence-corrected chi connectivity index (χ0v) is 13.1. The molecule has 2 aromatic carbocycles. The molecule has 1 aliphatic carbocycles. The highest BCUT2D eigenvalue weighted by atomic mass is 16.3. The fourth-order valence-electron chi connectivity index (χ4n) is 3.05. The Morgan fingerprint density at radius 3 is 2.13 bits per heavy atom. The van der Waals surface area contributed by atoms with E-state index in [4.69, 9.17) is 0 Å². The molecule has 0 aromatic heterocycles. The summed E-state index contributed by atoms with van der Waals surface area (Å²) in [5, 5.41) is 19.4. The van der Waals surface area contributed by atoms with Gasteiger partial charge in [-0.15, -0.1) is 0 Å². The normalized spacial score (nSPS) is 16.9. The van der Waals surface area contributed by atoms with Crippen molar-refractivity contribution in [3.63, 3.8) is 0 Å². The second kappa shape index (κ2) is 6.17. The smallest absolute Gasteiger partial charge is 0.115 e. The van der Waals surface area contributed by atoms with Crippen molar-refractivity contribution in [1.29, 1.82) is 0 Å². The third-order valence-electron chi connectivity index (χ3n) is 4.47. The lowest BCUT2D eigenvalue weighted by Gasteiger charge is -2.33. The molecule has 0 spiro atoms. The van der Waals surface area contributed by atoms with Crippen molar-refractivity contribution in [3.8, 4) is 5.75 Å². The Morgan fingerprint density at radius 2 is 1.43 bits per heavy atom. The molecule has 3 rings (SSSR count). The van der Waals surface area contributed by atoms with Crippen LogP contribution in [-0.4, -0.2) is 10.2 Å². The van der Waals surface area contributed by atoms with E-state index in [1.807, 2.05) is 36.4 Å². The van der Waals surface area contributed by atoms with Gasteiger partial charge < -0.3 is 10.2 Å². The van der Waals surface area contributed by atoms with E-state index < -0.39 is 0 Å². The molecule has 23 heavy (non-hydrogen) atoms. The van der Waals surface area contributed by atoms with Crippen molar-refractivity contribution in [2.75, 3.05) is 0 Å². The lowest BCUT2D eigenvalue weighted by molar-refractivity contribution is 0.430. The lowest BCUT2D eigenvalue weighted by atomic mass is 9.70. The summed E-state index contributed by atoms with van der Waals surface area (Å²) in [7, 11) is 0. The highest BCUT2D eigenvalue weighted by Gasteiger charge is 2.32. The highest BCUT2D eigenvalue weighted by Crippen LogP contribution is 2.40. The Hall–Kier alpha value is -2.74. The zero-order chi connectivity index (χ0) is 16.3. The third-order valence-corrected chi connectivity index (χ3v) is 4.47. The summed E-state index contributed by atoms with van der Waals surface area (Å²) in [6.07, 6.45) is 8.33. The fourth-order valence-corrected chi connectivity index (χ4v) is 3.05. The van der Waals surface area contributed by atoms with Crippen LogP contribution in [0.5, 0.6) is 5.75 Å². The number of rotatable bonds is 3. The standard InChI is InChI=1S/C21H20O2/c1-21(16-6-3-2-4-7-16,18-11-14-20(23)15-12-18)17-8-5-9-19(22)13-10-17/h2-4,6-15,22-23H,5H2,1H3. The number of hydrogen-bond acceptors (Lipinski definition) is 2. The quantitative estimate of drug-likeness (QED) is 0.835. The van der Waals surface area contributed by atoms with Gasteiger partial charge in [0.2, 0.25) is 0 Å². The Balaban J connectivity index is 2.17. The molecule has 1 atom stereocenters. The van der Waals surface area contributed by atoms with Gasteiger partial charge >= 0.3 is 0 Å². The first-order chi connectivity index (χ1) is 11.1. The first-order valence-electron chi connectivity index (χ1n) is 7.73. The Morgan fingerprint density at radius 1 is 0.783 bits per heavy atom. The van der Waals surface area contributed by atoms with E-state index >= 15 is 0 Å². The first-order valence-corrected chi connectivity index (χ1v) is 7.73. The van der Waals surface area contributed by atoms with Crippen molar-refractivity contribution >= 4 is 0 Å². The average Bonchev–Trinajstić information content (AvgIpc) is 2.80. The van der Waals surface area contributed by atoms with E-state index in [1.54, 1.807) is 24.3 Å². The molecule has 0 fully saturated rings. The van der Waals surface area contributed by atoms with Gasteiger partial charge in [-0.25, -0.2) is 0 Å². The molecule has 2 heteroatoms. The van der Waals surface area contributed by atoms with Gasteiger partial charge in [0.15, 0.2) is 0 Å². The number of aliphatic hydroxyl groups excluding tert-OH is 1. The zero-order valence-electron chi connectivity index (χ0n) is 13.1. The number of aromatic hydroxyl groups is 1. The van der Waals surface area contributed by atoms with Crippen LogP contribution in [0.3, 0.4) is 0 Å². The largest absolute Gasteiger partial charge is 0.508 e. The van der Waals surface area contributed by atoms with Gasteiger partial charge in [-0.2, -0.15) is 0 Å². The number of allylic oxidation sites excluding steroid dienone is 5. The van der Waals surface area contributed by atoms with Crippen LogP contribution in [0.2, 0.25) is 0 Å². The Bertz CT molecular complexity index is 767. The molecule has 0 radical (unpaired) electrons. The molecule has 0 saturated heterocycles. The van der Waals surface area contributed by atoms with Crippen molar-refractivity contribution in [2.45, 2.75) is 18.8 Å². The highest BCUT2D eigenvalue weighted by molar-refractivity contribution is 5.53. The molecule has 0 aliphatic heterocycles. The van der Waals surface area contributed by atoms with E-state index in [1.165, 1.54) is 5.56 Å². The SMILES string of the molecule is CC(C1=CCC=C(O)C=C1)(c1ccccc1)c1ccc(O)cc1. The molecule has 2 aromatic rings. The molecule has 0 amide bonds. The minimum absolute atomic E-state index is 0.258. The van der Waals surface area contributed by atoms with Crippen molar-refractivity contribution in [2.24, 2.45) is 0 Å². The molecule has 0 bridgehead atoms. The maximum atomic E-state index is 9.76. The summed E-state index contributed by atoms with van der Waals surface area (Å²) in [5.41, 5.74) is 3.03. The second-order valence-corrected chi connectivity index (χ2v) is 5.90. The van der Waals surface area contributed by atoms with Crippen LogP contribution in [0.15, 0.2) is 90.2 Å². The maximum absolute atomic E-state index is 9.76. The number of phenols is 1. The Labute approximate surface area is 136 Å². The lowest BCUT2D eigenvalue weighted by Crippen LogP contribution is -2.25. The third kappa shape index (κ3) is 2.93. The van der Waals surface area contributed by atoms with Gasteiger partial charge in [0, 0.05) is 5.41 Å². The summed E-state index contributed by atoms with van der Waals surface area (Å²) >= 11 is 0. The maximum Gasteiger partial charge on any atom is 0.115 e. The van der Waals surface area contributed by atoms with Crippen molar-refractivity contribution < 1.29 is 10.2 Å². The summed E-state index contributed by atoms with van der Waals surface area (Å²) in [6, 6.07) is 17.6. The van der Waals surface area contributed by atoms with Gasteiger partial charge in [0.05, 0.1) is 0 Å². The van der Waals surface area contributed by atoms with Gasteiger partial charge in [-0.05, 0) is 54.3 Å². The summed E-state index contributed by atoms with van der Waals surface area (Å²) < 4.78 is 0. The van der Waals surface area contributed by atoms with Crippen LogP contribution in [0.1, 0.15) is 24.5 Å². The van der Waals surface area contributed by atoms with E-state index in [0.717, 1.165) is 11.1 Å². The number of aliphatic hydroxyl groups is 1. The van der Waals surface area contributed by atoms with Gasteiger partial charge in [0.1, 0.15) is 11.5 Å². The van der Waals surface area contributed by atoms with Crippen LogP contribution >= 0.6 is 0 Å². The molecule has 1 unspecified atom stereocenters. The summed E-state index contributed by atoms with van der Waals surface area (Å²) in [4.78, 5) is 0. The van der Waals surface area contributed by atoms with Crippen molar-refractivity contribution in [3.05, 3.63) is 101 Å². The average molecular weight is 304 g/mol. The molecular formula is C21H20O2. The van der Waals surface area contributed by atoms with E-state index in [9.17, 15) is 10.2 Å². The minimum Gasteiger partial charge on any atom is -0.508 e. The topological polar surface area (TPSA) is 40.5 Å². The van der Waals surface area contributed by atoms with Crippen molar-refractivity contribution in [1.82, 2.24) is 0 Å². The summed E-state index contributed by atoms with van der Waals surface area (Å²) in [5.74, 6) is 0.547. The van der Waals surface area contributed by atoms with E-state index in [-0.39, 0.29) is 16.9 Å². The Kier molecular flexibility index (Phi) is 4.07. The molecule has 2 nitrogen and oxygen atoms in total. The van der Waals surface area contributed by atoms with Crippen LogP contribution in [0.25, 0.3) is 0 Å². The minimum atomic E-state index is -0.357. The molecule has 1 aliphatic rings. The monoisotopic (exact) mass is 304 g/mol. The second-order valence-electron chi connectivity index (χ2n) is 5.90. The summed E-state index contributed by atoms with van der Waals surface area (Å²) in [6.45, 7) is 2.17. The molecule has 116 valence electrons. The van der Waals surface area contributed by atoms with Crippen LogP contribution in [-0.2, 0) is 5.41 Å². The number of benzene rings is 2.